The fraction of sp³-hybridized carbons (Fsp3) is 0.385. The van der Waals surface area contributed by atoms with E-state index in [1.165, 1.54) is 6.92 Å². The number of para-hydroxylation sites is 1. The van der Waals surface area contributed by atoms with Crippen LogP contribution in [0, 0.1) is 0 Å². The molecule has 0 fully saturated rings. The zero-order chi connectivity index (χ0) is 13.5. The van der Waals surface area contributed by atoms with E-state index < -0.39 is 0 Å². The van der Waals surface area contributed by atoms with E-state index >= 15 is 0 Å². The zero-order valence-corrected chi connectivity index (χ0v) is 10.9. The highest BCUT2D eigenvalue weighted by atomic mass is 16.2. The quantitative estimate of drug-likeness (QED) is 0.725. The lowest BCUT2D eigenvalue weighted by Crippen LogP contribution is -2.40. The molecule has 0 saturated carbocycles. The maximum Gasteiger partial charge on any atom is 0.236 e. The van der Waals surface area contributed by atoms with Gasteiger partial charge >= 0.3 is 0 Å². The number of anilines is 1. The van der Waals surface area contributed by atoms with Crippen molar-refractivity contribution in [3.05, 3.63) is 29.8 Å². The van der Waals surface area contributed by atoms with Gasteiger partial charge < -0.3 is 16.0 Å². The number of likely N-dealkylation sites (N-methyl/N-ethyl adjacent to an activating group) is 1. The Morgan fingerprint density at radius 2 is 1.94 bits per heavy atom. The van der Waals surface area contributed by atoms with Crippen molar-refractivity contribution in [3.63, 3.8) is 0 Å². The summed E-state index contributed by atoms with van der Waals surface area (Å²) in [5.74, 6) is -0.172. The van der Waals surface area contributed by atoms with Crippen LogP contribution in [-0.4, -0.2) is 24.9 Å². The first kappa shape index (κ1) is 14.2. The first-order chi connectivity index (χ1) is 8.54. The average Bonchev–Trinajstić information content (AvgIpc) is 2.35. The SMILES string of the molecule is CNC(=O)C(C)NCc1ccccc1NC(C)=O. The number of benzene rings is 1. The first-order valence-electron chi connectivity index (χ1n) is 5.85. The van der Waals surface area contributed by atoms with Gasteiger partial charge in [-0.2, -0.15) is 0 Å². The molecule has 3 N–H and O–H groups in total. The molecule has 1 rings (SSSR count). The van der Waals surface area contributed by atoms with Crippen LogP contribution < -0.4 is 16.0 Å². The van der Waals surface area contributed by atoms with Gasteiger partial charge in [0.1, 0.15) is 0 Å². The Kier molecular flexibility index (Phi) is 5.32. The number of hydrogen-bond donors (Lipinski definition) is 3. The van der Waals surface area contributed by atoms with Gasteiger partial charge in [-0.15, -0.1) is 0 Å². The summed E-state index contributed by atoms with van der Waals surface area (Å²) in [5.41, 5.74) is 1.71. The Morgan fingerprint density at radius 1 is 1.28 bits per heavy atom. The monoisotopic (exact) mass is 249 g/mol. The summed E-state index contributed by atoms with van der Waals surface area (Å²) >= 11 is 0. The number of amides is 2. The summed E-state index contributed by atoms with van der Waals surface area (Å²) in [6.45, 7) is 3.78. The average molecular weight is 249 g/mol. The van der Waals surface area contributed by atoms with Gasteiger partial charge in [0, 0.05) is 26.2 Å². The molecular formula is C13H19N3O2. The van der Waals surface area contributed by atoms with Crippen molar-refractivity contribution < 1.29 is 9.59 Å². The lowest BCUT2D eigenvalue weighted by atomic mass is 10.1. The van der Waals surface area contributed by atoms with E-state index in [9.17, 15) is 9.59 Å². The van der Waals surface area contributed by atoms with Crippen molar-refractivity contribution in [1.82, 2.24) is 10.6 Å². The summed E-state index contributed by atoms with van der Waals surface area (Å²) in [6, 6.07) is 7.22. The summed E-state index contributed by atoms with van der Waals surface area (Å²) in [5, 5.41) is 8.44. The predicted molar refractivity (Wildman–Crippen MR) is 71.1 cm³/mol. The largest absolute Gasteiger partial charge is 0.358 e. The van der Waals surface area contributed by atoms with Crippen LogP contribution in [0.25, 0.3) is 0 Å². The molecule has 0 bridgehead atoms. The van der Waals surface area contributed by atoms with Crippen molar-refractivity contribution in [2.75, 3.05) is 12.4 Å². The van der Waals surface area contributed by atoms with Gasteiger partial charge in [0.2, 0.25) is 11.8 Å². The molecule has 1 atom stereocenters. The Labute approximate surface area is 107 Å². The molecule has 0 radical (unpaired) electrons. The van der Waals surface area contributed by atoms with E-state index in [0.717, 1.165) is 11.3 Å². The molecule has 5 nitrogen and oxygen atoms in total. The van der Waals surface area contributed by atoms with Gasteiger partial charge in [-0.25, -0.2) is 0 Å². The van der Waals surface area contributed by atoms with E-state index in [1.807, 2.05) is 24.3 Å². The smallest absolute Gasteiger partial charge is 0.236 e. The highest BCUT2D eigenvalue weighted by molar-refractivity contribution is 5.89. The standard InChI is InChI=1S/C13H19N3O2/c1-9(13(18)14-3)15-8-11-6-4-5-7-12(11)16-10(2)17/h4-7,9,15H,8H2,1-3H3,(H,14,18)(H,16,17). The molecule has 0 aliphatic carbocycles. The van der Waals surface area contributed by atoms with Gasteiger partial charge in [-0.3, -0.25) is 9.59 Å². The molecule has 0 heterocycles. The van der Waals surface area contributed by atoms with Crippen molar-refractivity contribution >= 4 is 17.5 Å². The summed E-state index contributed by atoms with van der Waals surface area (Å²) in [4.78, 5) is 22.4. The molecule has 0 aliphatic rings. The zero-order valence-electron chi connectivity index (χ0n) is 10.9. The molecular weight excluding hydrogens is 230 g/mol. The van der Waals surface area contributed by atoms with Crippen LogP contribution in [0.4, 0.5) is 5.69 Å². The molecule has 0 saturated heterocycles. The molecule has 1 aromatic carbocycles. The van der Waals surface area contributed by atoms with Crippen LogP contribution in [0.2, 0.25) is 0 Å². The van der Waals surface area contributed by atoms with E-state index in [-0.39, 0.29) is 17.9 Å². The Bertz CT molecular complexity index is 432. The fourth-order valence-electron chi connectivity index (χ4n) is 1.56. The fourth-order valence-corrected chi connectivity index (χ4v) is 1.56. The van der Waals surface area contributed by atoms with Gasteiger partial charge in [0.05, 0.1) is 6.04 Å². The van der Waals surface area contributed by atoms with E-state index in [0.29, 0.717) is 6.54 Å². The maximum atomic E-state index is 11.4. The van der Waals surface area contributed by atoms with Crippen LogP contribution in [0.5, 0.6) is 0 Å². The maximum absolute atomic E-state index is 11.4. The van der Waals surface area contributed by atoms with Gasteiger partial charge in [-0.05, 0) is 18.6 Å². The molecule has 2 amide bonds. The Hall–Kier alpha value is -1.88. The van der Waals surface area contributed by atoms with E-state index in [4.69, 9.17) is 0 Å². The molecule has 1 aromatic rings. The van der Waals surface area contributed by atoms with Gasteiger partial charge in [0.15, 0.2) is 0 Å². The van der Waals surface area contributed by atoms with Crippen LogP contribution in [-0.2, 0) is 16.1 Å². The van der Waals surface area contributed by atoms with Crippen LogP contribution >= 0.6 is 0 Å². The van der Waals surface area contributed by atoms with E-state index in [1.54, 1.807) is 14.0 Å². The minimum atomic E-state index is -0.277. The molecule has 18 heavy (non-hydrogen) atoms. The minimum Gasteiger partial charge on any atom is -0.358 e. The summed E-state index contributed by atoms with van der Waals surface area (Å²) in [7, 11) is 1.60. The Balaban J connectivity index is 2.66. The number of hydrogen-bond acceptors (Lipinski definition) is 3. The number of rotatable bonds is 5. The lowest BCUT2D eigenvalue weighted by Gasteiger charge is -2.14. The van der Waals surface area contributed by atoms with Crippen molar-refractivity contribution in [1.29, 1.82) is 0 Å². The third-order valence-corrected chi connectivity index (χ3v) is 2.57. The second kappa shape index (κ2) is 6.76. The molecule has 0 aliphatic heterocycles. The highest BCUT2D eigenvalue weighted by Crippen LogP contribution is 2.14. The van der Waals surface area contributed by atoms with E-state index in [2.05, 4.69) is 16.0 Å². The third kappa shape index (κ3) is 4.18. The third-order valence-electron chi connectivity index (χ3n) is 2.57. The van der Waals surface area contributed by atoms with Crippen molar-refractivity contribution in [2.45, 2.75) is 26.4 Å². The second-order valence-electron chi connectivity index (χ2n) is 4.06. The predicted octanol–water partition coefficient (Wildman–Crippen LogP) is 0.869. The van der Waals surface area contributed by atoms with Crippen LogP contribution in [0.1, 0.15) is 19.4 Å². The second-order valence-corrected chi connectivity index (χ2v) is 4.06. The minimum absolute atomic E-state index is 0.0630. The molecule has 98 valence electrons. The molecule has 0 aromatic heterocycles. The van der Waals surface area contributed by atoms with Crippen molar-refractivity contribution in [2.24, 2.45) is 0 Å². The molecule has 5 heteroatoms. The molecule has 1 unspecified atom stereocenters. The van der Waals surface area contributed by atoms with Crippen LogP contribution in [0.15, 0.2) is 24.3 Å². The van der Waals surface area contributed by atoms with Crippen LogP contribution in [0.3, 0.4) is 0 Å². The van der Waals surface area contributed by atoms with Gasteiger partial charge in [0.25, 0.3) is 0 Å². The summed E-state index contributed by atoms with van der Waals surface area (Å²) in [6.07, 6.45) is 0. The number of nitrogens with one attached hydrogen (secondary N) is 3. The molecule has 0 spiro atoms. The number of carbonyl (C=O) groups excluding carboxylic acids is 2. The normalized spacial score (nSPS) is 11.7. The summed E-state index contributed by atoms with van der Waals surface area (Å²) < 4.78 is 0. The number of carbonyl (C=O) groups is 2. The van der Waals surface area contributed by atoms with Gasteiger partial charge in [-0.1, -0.05) is 18.2 Å². The Morgan fingerprint density at radius 3 is 2.56 bits per heavy atom. The topological polar surface area (TPSA) is 70.2 Å². The highest BCUT2D eigenvalue weighted by Gasteiger charge is 2.11. The first-order valence-corrected chi connectivity index (χ1v) is 5.85. The van der Waals surface area contributed by atoms with Crippen molar-refractivity contribution in [3.8, 4) is 0 Å². The lowest BCUT2D eigenvalue weighted by molar-refractivity contribution is -0.122.